The lowest BCUT2D eigenvalue weighted by Crippen LogP contribution is -2.24. The summed E-state index contributed by atoms with van der Waals surface area (Å²) in [5, 5.41) is 0. The second kappa shape index (κ2) is 1.64. The zero-order valence-corrected chi connectivity index (χ0v) is 5.94. The fourth-order valence-corrected chi connectivity index (χ4v) is 2.24. The van der Waals surface area contributed by atoms with Crippen molar-refractivity contribution in [1.82, 2.24) is 0 Å². The Balaban J connectivity index is 2.08. The van der Waals surface area contributed by atoms with Crippen LogP contribution < -0.4 is 0 Å². The van der Waals surface area contributed by atoms with Gasteiger partial charge in [-0.15, -0.1) is 0 Å². The second-order valence-electron chi connectivity index (χ2n) is 3.31. The molecule has 0 aromatic rings. The highest BCUT2D eigenvalue weighted by atomic mass is 16.5. The van der Waals surface area contributed by atoms with Gasteiger partial charge in [0, 0.05) is 5.92 Å². The van der Waals surface area contributed by atoms with Crippen molar-refractivity contribution in [3.63, 3.8) is 0 Å². The van der Waals surface area contributed by atoms with Gasteiger partial charge in [0.1, 0.15) is 0 Å². The minimum absolute atomic E-state index is 0.0764. The van der Waals surface area contributed by atoms with E-state index in [9.17, 15) is 4.79 Å². The second-order valence-corrected chi connectivity index (χ2v) is 3.31. The fourth-order valence-electron chi connectivity index (χ4n) is 2.24. The molecule has 0 aromatic carbocycles. The summed E-state index contributed by atoms with van der Waals surface area (Å²) >= 11 is 0. The van der Waals surface area contributed by atoms with Crippen molar-refractivity contribution < 1.29 is 9.53 Å². The molecule has 0 saturated carbocycles. The van der Waals surface area contributed by atoms with Crippen molar-refractivity contribution in [2.45, 2.75) is 12.2 Å². The van der Waals surface area contributed by atoms with Crippen LogP contribution in [0.25, 0.3) is 0 Å². The highest BCUT2D eigenvalue weighted by molar-refractivity contribution is 5.96. The van der Waals surface area contributed by atoms with Crippen LogP contribution in [0.15, 0.2) is 24.3 Å². The SMILES string of the molecule is O=C1C=CC2C3C=CC(O3)C12. The summed E-state index contributed by atoms with van der Waals surface area (Å²) in [5.74, 6) is 0.703. The minimum Gasteiger partial charge on any atom is -0.365 e. The van der Waals surface area contributed by atoms with Crippen molar-refractivity contribution in [3.05, 3.63) is 24.3 Å². The van der Waals surface area contributed by atoms with Crippen LogP contribution >= 0.6 is 0 Å². The Bertz CT molecular complexity index is 277. The first-order valence-electron chi connectivity index (χ1n) is 3.92. The van der Waals surface area contributed by atoms with E-state index in [-0.39, 0.29) is 23.9 Å². The smallest absolute Gasteiger partial charge is 0.162 e. The van der Waals surface area contributed by atoms with Gasteiger partial charge in [0.15, 0.2) is 5.78 Å². The summed E-state index contributed by atoms with van der Waals surface area (Å²) < 4.78 is 5.53. The Morgan fingerprint density at radius 3 is 2.82 bits per heavy atom. The van der Waals surface area contributed by atoms with Crippen LogP contribution in [0.2, 0.25) is 0 Å². The average molecular weight is 148 g/mol. The van der Waals surface area contributed by atoms with E-state index in [2.05, 4.69) is 6.08 Å². The zero-order chi connectivity index (χ0) is 7.42. The van der Waals surface area contributed by atoms with Gasteiger partial charge in [-0.25, -0.2) is 0 Å². The molecule has 2 aliphatic heterocycles. The van der Waals surface area contributed by atoms with Crippen molar-refractivity contribution >= 4 is 5.78 Å². The summed E-state index contributed by atoms with van der Waals surface area (Å²) in [5.41, 5.74) is 0. The number of rotatable bonds is 0. The summed E-state index contributed by atoms with van der Waals surface area (Å²) in [7, 11) is 0. The molecule has 0 aromatic heterocycles. The molecule has 11 heavy (non-hydrogen) atoms. The fraction of sp³-hybridized carbons (Fsp3) is 0.444. The largest absolute Gasteiger partial charge is 0.365 e. The number of fused-ring (bicyclic) bond motifs is 5. The molecule has 2 heteroatoms. The van der Waals surface area contributed by atoms with E-state index >= 15 is 0 Å². The lowest BCUT2D eigenvalue weighted by Gasteiger charge is -2.13. The highest BCUT2D eigenvalue weighted by Gasteiger charge is 2.49. The maximum atomic E-state index is 11.2. The van der Waals surface area contributed by atoms with E-state index in [1.807, 2.05) is 12.2 Å². The van der Waals surface area contributed by atoms with Crippen LogP contribution in [-0.4, -0.2) is 18.0 Å². The van der Waals surface area contributed by atoms with Crippen molar-refractivity contribution in [2.75, 3.05) is 0 Å². The molecule has 0 radical (unpaired) electrons. The van der Waals surface area contributed by atoms with Crippen LogP contribution in [-0.2, 0) is 9.53 Å². The van der Waals surface area contributed by atoms with E-state index in [4.69, 9.17) is 4.74 Å². The third-order valence-electron chi connectivity index (χ3n) is 2.76. The molecule has 0 N–H and O–H groups in total. The number of carbonyl (C=O) groups is 1. The van der Waals surface area contributed by atoms with E-state index in [1.165, 1.54) is 0 Å². The maximum Gasteiger partial charge on any atom is 0.162 e. The zero-order valence-electron chi connectivity index (χ0n) is 5.94. The summed E-state index contributed by atoms with van der Waals surface area (Å²) in [4.78, 5) is 11.2. The van der Waals surface area contributed by atoms with Gasteiger partial charge in [-0.3, -0.25) is 4.79 Å². The number of allylic oxidation sites excluding steroid dienone is 1. The Morgan fingerprint density at radius 2 is 2.00 bits per heavy atom. The Labute approximate surface area is 64.5 Å². The molecule has 3 rings (SSSR count). The Kier molecular flexibility index (Phi) is 0.853. The minimum atomic E-state index is 0.0764. The lowest BCUT2D eigenvalue weighted by molar-refractivity contribution is -0.118. The van der Waals surface area contributed by atoms with Gasteiger partial charge in [0.05, 0.1) is 18.1 Å². The monoisotopic (exact) mass is 148 g/mol. The molecule has 1 saturated heterocycles. The van der Waals surface area contributed by atoms with Crippen LogP contribution in [0, 0.1) is 11.8 Å². The number of carbonyl (C=O) groups excluding carboxylic acids is 1. The molecule has 2 nitrogen and oxygen atoms in total. The molecular weight excluding hydrogens is 140 g/mol. The quantitative estimate of drug-likeness (QED) is 0.472. The van der Waals surface area contributed by atoms with Gasteiger partial charge >= 0.3 is 0 Å². The third-order valence-corrected chi connectivity index (χ3v) is 2.76. The summed E-state index contributed by atoms with van der Waals surface area (Å²) in [6.07, 6.45) is 8.03. The van der Waals surface area contributed by atoms with Gasteiger partial charge in [0.2, 0.25) is 0 Å². The molecule has 1 aliphatic carbocycles. The van der Waals surface area contributed by atoms with Crippen molar-refractivity contribution in [2.24, 2.45) is 11.8 Å². The van der Waals surface area contributed by atoms with Gasteiger partial charge in [-0.05, 0) is 6.08 Å². The van der Waals surface area contributed by atoms with Crippen molar-refractivity contribution in [1.29, 1.82) is 0 Å². The van der Waals surface area contributed by atoms with Gasteiger partial charge in [0.25, 0.3) is 0 Å². The van der Waals surface area contributed by atoms with Crippen LogP contribution in [0.4, 0.5) is 0 Å². The molecule has 4 unspecified atom stereocenters. The number of ketones is 1. The standard InChI is InChI=1S/C9H8O2/c10-6-2-1-5-7-3-4-8(11-7)9(5)6/h1-5,7-9H. The first-order chi connectivity index (χ1) is 5.36. The first kappa shape index (κ1) is 5.72. The molecule has 1 fully saturated rings. The predicted molar refractivity (Wildman–Crippen MR) is 38.9 cm³/mol. The molecule has 0 amide bonds. The third kappa shape index (κ3) is 0.543. The number of ether oxygens (including phenoxy) is 1. The lowest BCUT2D eigenvalue weighted by atomic mass is 9.85. The van der Waals surface area contributed by atoms with Gasteiger partial charge < -0.3 is 4.74 Å². The summed E-state index contributed by atoms with van der Waals surface area (Å²) in [6, 6.07) is 0. The summed E-state index contributed by atoms with van der Waals surface area (Å²) in [6.45, 7) is 0. The molecule has 0 spiro atoms. The molecule has 2 bridgehead atoms. The van der Waals surface area contributed by atoms with E-state index in [0.717, 1.165) is 0 Å². The van der Waals surface area contributed by atoms with Crippen LogP contribution in [0.5, 0.6) is 0 Å². The average Bonchev–Trinajstić information content (AvgIpc) is 2.60. The van der Waals surface area contributed by atoms with E-state index in [1.54, 1.807) is 6.08 Å². The van der Waals surface area contributed by atoms with Crippen LogP contribution in [0.1, 0.15) is 0 Å². The molecule has 4 atom stereocenters. The van der Waals surface area contributed by atoms with E-state index < -0.39 is 0 Å². The molecule has 56 valence electrons. The number of hydrogen-bond donors (Lipinski definition) is 0. The Morgan fingerprint density at radius 1 is 1.18 bits per heavy atom. The van der Waals surface area contributed by atoms with Gasteiger partial charge in [-0.1, -0.05) is 18.2 Å². The molecule has 3 aliphatic rings. The van der Waals surface area contributed by atoms with Crippen molar-refractivity contribution in [3.8, 4) is 0 Å². The maximum absolute atomic E-state index is 11.2. The molecule has 2 heterocycles. The Hall–Kier alpha value is -0.890. The molecular formula is C9H8O2. The normalized spacial score (nSPS) is 50.7. The van der Waals surface area contributed by atoms with E-state index in [0.29, 0.717) is 5.92 Å². The number of hydrogen-bond acceptors (Lipinski definition) is 2. The highest BCUT2D eigenvalue weighted by Crippen LogP contribution is 2.43. The predicted octanol–water partition coefficient (Wildman–Crippen LogP) is 0.695. The first-order valence-corrected chi connectivity index (χ1v) is 3.92. The topological polar surface area (TPSA) is 26.3 Å². The van der Waals surface area contributed by atoms with Crippen LogP contribution in [0.3, 0.4) is 0 Å². The van der Waals surface area contributed by atoms with Gasteiger partial charge in [-0.2, -0.15) is 0 Å².